The number of ether oxygens (including phenoxy) is 2. The maximum atomic E-state index is 13.1. The van der Waals surface area contributed by atoms with Gasteiger partial charge in [0.2, 0.25) is 5.91 Å². The molecular weight excluding hydrogens is 376 g/mol. The molecule has 160 valence electrons. The number of piperidine rings is 1. The number of likely N-dealkylation sites (tertiary alicyclic amines) is 1. The molecule has 1 amide bonds. The summed E-state index contributed by atoms with van der Waals surface area (Å²) in [6.45, 7) is 11.8. The van der Waals surface area contributed by atoms with Gasteiger partial charge < -0.3 is 20.1 Å². The second-order valence-electron chi connectivity index (χ2n) is 8.36. The minimum absolute atomic E-state index is 0. The lowest BCUT2D eigenvalue weighted by Gasteiger charge is -2.37. The molecule has 0 saturated carbocycles. The molecule has 6 heteroatoms. The summed E-state index contributed by atoms with van der Waals surface area (Å²) >= 11 is 0. The van der Waals surface area contributed by atoms with Gasteiger partial charge in [-0.1, -0.05) is 26.0 Å². The first-order chi connectivity index (χ1) is 12.8. The quantitative estimate of drug-likeness (QED) is 0.627. The molecule has 0 bridgehead atoms. The summed E-state index contributed by atoms with van der Waals surface area (Å²) in [6, 6.07) is 7.95. The van der Waals surface area contributed by atoms with Crippen LogP contribution in [0.3, 0.4) is 0 Å². The summed E-state index contributed by atoms with van der Waals surface area (Å²) in [7, 11) is 0. The van der Waals surface area contributed by atoms with Gasteiger partial charge in [-0.25, -0.2) is 0 Å². The van der Waals surface area contributed by atoms with Gasteiger partial charge >= 0.3 is 0 Å². The molecule has 1 aliphatic rings. The lowest BCUT2D eigenvalue weighted by atomic mass is 9.82. The zero-order chi connectivity index (χ0) is 19.9. The predicted octanol–water partition coefficient (Wildman–Crippen LogP) is 3.78. The molecule has 1 aromatic rings. The van der Waals surface area contributed by atoms with E-state index in [-0.39, 0.29) is 24.4 Å². The summed E-state index contributed by atoms with van der Waals surface area (Å²) < 4.78 is 11.6. The highest BCUT2D eigenvalue weighted by molar-refractivity contribution is 5.87. The van der Waals surface area contributed by atoms with Gasteiger partial charge in [-0.3, -0.25) is 4.79 Å². The van der Waals surface area contributed by atoms with Crippen molar-refractivity contribution in [3.63, 3.8) is 0 Å². The van der Waals surface area contributed by atoms with E-state index in [4.69, 9.17) is 15.2 Å². The Labute approximate surface area is 176 Å². The largest absolute Gasteiger partial charge is 0.493 e. The van der Waals surface area contributed by atoms with Crippen LogP contribution in [-0.2, 0) is 14.9 Å². The molecule has 28 heavy (non-hydrogen) atoms. The number of nitrogens with zero attached hydrogens (tertiary/aromatic N) is 1. The lowest BCUT2D eigenvalue weighted by Crippen LogP contribution is -2.48. The number of rotatable bonds is 9. The molecule has 2 N–H and O–H groups in total. The third-order valence-electron chi connectivity index (χ3n) is 5.13. The molecule has 0 atom stereocenters. The van der Waals surface area contributed by atoms with E-state index in [9.17, 15) is 4.79 Å². The van der Waals surface area contributed by atoms with E-state index in [2.05, 4.69) is 13.8 Å². The molecule has 1 saturated heterocycles. The smallest absolute Gasteiger partial charge is 0.232 e. The third-order valence-corrected chi connectivity index (χ3v) is 5.13. The van der Waals surface area contributed by atoms with Gasteiger partial charge in [-0.2, -0.15) is 0 Å². The average molecular weight is 413 g/mol. The Bertz CT molecular complexity index is 582. The third kappa shape index (κ3) is 6.94. The zero-order valence-corrected chi connectivity index (χ0v) is 18.6. The molecule has 1 heterocycles. The number of benzene rings is 1. The topological polar surface area (TPSA) is 64.8 Å². The molecule has 0 aliphatic carbocycles. The van der Waals surface area contributed by atoms with E-state index in [1.54, 1.807) is 0 Å². The van der Waals surface area contributed by atoms with Crippen molar-refractivity contribution in [3.8, 4) is 5.75 Å². The Morgan fingerprint density at radius 1 is 1.21 bits per heavy atom. The van der Waals surface area contributed by atoms with Crippen LogP contribution in [0, 0.1) is 5.92 Å². The molecular formula is C22H37ClN2O3. The second-order valence-corrected chi connectivity index (χ2v) is 8.36. The number of nitrogens with two attached hydrogens (primary N) is 1. The highest BCUT2D eigenvalue weighted by atomic mass is 35.5. The standard InChI is InChI=1S/C22H36N2O3.ClH/c1-17(2)16-27-19-8-6-18(7-9-19)22(3,4)21(25)24-13-10-20(11-14-24)26-15-5-12-23;/h6-9,17,20H,5,10-16,23H2,1-4H3;1H. The molecule has 1 fully saturated rings. The average Bonchev–Trinajstić information content (AvgIpc) is 2.67. The fourth-order valence-electron chi connectivity index (χ4n) is 3.31. The number of amides is 1. The molecule has 0 unspecified atom stereocenters. The highest BCUT2D eigenvalue weighted by Crippen LogP contribution is 2.29. The van der Waals surface area contributed by atoms with Crippen LogP contribution in [0.25, 0.3) is 0 Å². The Kier molecular flexibility index (Phi) is 10.3. The van der Waals surface area contributed by atoms with Crippen molar-refractivity contribution in [2.75, 3.05) is 32.8 Å². The first kappa shape index (κ1) is 24.7. The van der Waals surface area contributed by atoms with Crippen molar-refractivity contribution < 1.29 is 14.3 Å². The summed E-state index contributed by atoms with van der Waals surface area (Å²) in [5.74, 6) is 1.52. The van der Waals surface area contributed by atoms with Gasteiger partial charge in [0, 0.05) is 19.7 Å². The molecule has 5 nitrogen and oxygen atoms in total. The summed E-state index contributed by atoms with van der Waals surface area (Å²) in [5.41, 5.74) is 5.97. The first-order valence-corrected chi connectivity index (χ1v) is 10.2. The van der Waals surface area contributed by atoms with Gasteiger partial charge in [0.05, 0.1) is 18.1 Å². The molecule has 0 spiro atoms. The summed E-state index contributed by atoms with van der Waals surface area (Å²) in [5, 5.41) is 0. The zero-order valence-electron chi connectivity index (χ0n) is 17.8. The second kappa shape index (κ2) is 11.6. The van der Waals surface area contributed by atoms with Gasteiger partial charge in [0.1, 0.15) is 5.75 Å². The monoisotopic (exact) mass is 412 g/mol. The summed E-state index contributed by atoms with van der Waals surface area (Å²) in [4.78, 5) is 15.1. The first-order valence-electron chi connectivity index (χ1n) is 10.2. The number of hydrogen-bond acceptors (Lipinski definition) is 4. The van der Waals surface area contributed by atoms with Gasteiger partial charge in [0.25, 0.3) is 0 Å². The number of hydrogen-bond donors (Lipinski definition) is 1. The van der Waals surface area contributed by atoms with Crippen LogP contribution >= 0.6 is 12.4 Å². The van der Waals surface area contributed by atoms with Crippen molar-refractivity contribution in [1.82, 2.24) is 4.90 Å². The minimum Gasteiger partial charge on any atom is -0.493 e. The Balaban J connectivity index is 0.00000392. The van der Waals surface area contributed by atoms with Gasteiger partial charge in [0.15, 0.2) is 0 Å². The molecule has 1 aromatic carbocycles. The van der Waals surface area contributed by atoms with Crippen molar-refractivity contribution in [1.29, 1.82) is 0 Å². The van der Waals surface area contributed by atoms with Gasteiger partial charge in [-0.15, -0.1) is 12.4 Å². The van der Waals surface area contributed by atoms with E-state index in [0.29, 0.717) is 25.7 Å². The van der Waals surface area contributed by atoms with Crippen LogP contribution in [0.5, 0.6) is 5.75 Å². The highest BCUT2D eigenvalue weighted by Gasteiger charge is 2.35. The van der Waals surface area contributed by atoms with E-state index >= 15 is 0 Å². The Hall–Kier alpha value is -1.30. The van der Waals surface area contributed by atoms with Crippen LogP contribution in [0.2, 0.25) is 0 Å². The maximum Gasteiger partial charge on any atom is 0.232 e. The fourth-order valence-corrected chi connectivity index (χ4v) is 3.31. The van der Waals surface area contributed by atoms with Crippen LogP contribution < -0.4 is 10.5 Å². The SMILES string of the molecule is CC(C)COc1ccc(C(C)(C)C(=O)N2CCC(OCCCN)CC2)cc1.Cl. The van der Waals surface area contributed by atoms with E-state index in [1.165, 1.54) is 0 Å². The number of halogens is 1. The van der Waals surface area contributed by atoms with E-state index in [1.807, 2.05) is 43.0 Å². The fraction of sp³-hybridized carbons (Fsp3) is 0.682. The van der Waals surface area contributed by atoms with Crippen LogP contribution in [0.1, 0.15) is 52.5 Å². The van der Waals surface area contributed by atoms with Crippen molar-refractivity contribution in [2.24, 2.45) is 11.7 Å². The molecule has 1 aliphatic heterocycles. The van der Waals surface area contributed by atoms with Crippen molar-refractivity contribution >= 4 is 18.3 Å². The molecule has 0 radical (unpaired) electrons. The van der Waals surface area contributed by atoms with Crippen LogP contribution in [0.15, 0.2) is 24.3 Å². The lowest BCUT2D eigenvalue weighted by molar-refractivity contribution is -0.139. The summed E-state index contributed by atoms with van der Waals surface area (Å²) in [6.07, 6.45) is 2.94. The van der Waals surface area contributed by atoms with Gasteiger partial charge in [-0.05, 0) is 63.3 Å². The maximum absolute atomic E-state index is 13.1. The molecule has 0 aromatic heterocycles. The Morgan fingerprint density at radius 2 is 1.82 bits per heavy atom. The van der Waals surface area contributed by atoms with E-state index < -0.39 is 5.41 Å². The molecule has 2 rings (SSSR count). The van der Waals surface area contributed by atoms with Crippen LogP contribution in [-0.4, -0.2) is 49.8 Å². The minimum atomic E-state index is -0.552. The van der Waals surface area contributed by atoms with Crippen molar-refractivity contribution in [3.05, 3.63) is 29.8 Å². The van der Waals surface area contributed by atoms with E-state index in [0.717, 1.165) is 43.7 Å². The normalized spacial score (nSPS) is 15.4. The van der Waals surface area contributed by atoms with Crippen LogP contribution in [0.4, 0.5) is 0 Å². The Morgan fingerprint density at radius 3 is 2.36 bits per heavy atom. The predicted molar refractivity (Wildman–Crippen MR) is 116 cm³/mol. The number of carbonyl (C=O) groups is 1. The van der Waals surface area contributed by atoms with Crippen molar-refractivity contribution in [2.45, 2.75) is 58.5 Å². The number of carbonyl (C=O) groups excluding carboxylic acids is 1.